The van der Waals surface area contributed by atoms with E-state index in [9.17, 15) is 14.3 Å². The number of ether oxygens (including phenoxy) is 1. The van der Waals surface area contributed by atoms with Crippen LogP contribution in [0.5, 0.6) is 5.75 Å². The van der Waals surface area contributed by atoms with Crippen molar-refractivity contribution in [3.63, 3.8) is 0 Å². The van der Waals surface area contributed by atoms with E-state index in [2.05, 4.69) is 13.8 Å². The number of para-hydroxylation sites is 1. The van der Waals surface area contributed by atoms with Gasteiger partial charge in [-0.05, 0) is 41.7 Å². The fourth-order valence-electron chi connectivity index (χ4n) is 2.53. The Morgan fingerprint density at radius 2 is 1.91 bits per heavy atom. The van der Waals surface area contributed by atoms with Gasteiger partial charge >= 0.3 is 5.97 Å². The molecule has 1 unspecified atom stereocenters. The van der Waals surface area contributed by atoms with E-state index in [1.54, 1.807) is 6.07 Å². The maximum Gasteiger partial charge on any atom is 0.311 e. The van der Waals surface area contributed by atoms with E-state index in [1.165, 1.54) is 18.2 Å². The Balaban J connectivity index is 2.05. The summed E-state index contributed by atoms with van der Waals surface area (Å²) in [4.78, 5) is 11.5. The lowest BCUT2D eigenvalue weighted by molar-refractivity contribution is -0.139. The molecule has 1 atom stereocenters. The number of halogens is 1. The fraction of sp³-hybridized carbons (Fsp3) is 0.316. The quantitative estimate of drug-likeness (QED) is 0.813. The zero-order chi connectivity index (χ0) is 16.8. The number of carbonyl (C=O) groups is 1. The van der Waals surface area contributed by atoms with Gasteiger partial charge in [0.05, 0.1) is 12.5 Å². The van der Waals surface area contributed by atoms with Gasteiger partial charge in [0.1, 0.15) is 11.6 Å². The standard InChI is InChI=1S/C19H21FO3/c1-13(2)16-8-3-4-9-18(16)23-11-10-17(19(21)22)14-6-5-7-15(20)12-14/h3-9,12-13,17H,10-11H2,1-2H3,(H,21,22). The molecule has 0 aliphatic carbocycles. The Labute approximate surface area is 135 Å². The summed E-state index contributed by atoms with van der Waals surface area (Å²) in [5.74, 6) is -1.09. The zero-order valence-electron chi connectivity index (χ0n) is 13.3. The number of carboxylic acids is 1. The first-order valence-corrected chi connectivity index (χ1v) is 7.69. The highest BCUT2D eigenvalue weighted by Gasteiger charge is 2.20. The molecule has 3 nitrogen and oxygen atoms in total. The number of carboxylic acid groups (broad SMARTS) is 1. The number of benzene rings is 2. The van der Waals surface area contributed by atoms with E-state index in [0.717, 1.165) is 11.3 Å². The van der Waals surface area contributed by atoms with Crippen molar-refractivity contribution in [2.24, 2.45) is 0 Å². The summed E-state index contributed by atoms with van der Waals surface area (Å²) in [6.07, 6.45) is 0.283. The first kappa shape index (κ1) is 17.0. The van der Waals surface area contributed by atoms with Crippen LogP contribution in [-0.2, 0) is 4.79 Å². The maximum absolute atomic E-state index is 13.3. The molecule has 0 aliphatic heterocycles. The first-order chi connectivity index (χ1) is 11.0. The van der Waals surface area contributed by atoms with Crippen molar-refractivity contribution < 1.29 is 19.0 Å². The smallest absolute Gasteiger partial charge is 0.311 e. The van der Waals surface area contributed by atoms with Crippen LogP contribution in [-0.4, -0.2) is 17.7 Å². The van der Waals surface area contributed by atoms with Gasteiger partial charge in [-0.3, -0.25) is 4.79 Å². The molecule has 23 heavy (non-hydrogen) atoms. The Hall–Kier alpha value is -2.36. The number of hydrogen-bond acceptors (Lipinski definition) is 2. The lowest BCUT2D eigenvalue weighted by Crippen LogP contribution is -2.15. The van der Waals surface area contributed by atoms with Crippen LogP contribution in [0, 0.1) is 5.82 Å². The average molecular weight is 316 g/mol. The minimum Gasteiger partial charge on any atom is -0.493 e. The predicted octanol–water partition coefficient (Wildman–Crippen LogP) is 4.59. The molecule has 0 amide bonds. The number of hydrogen-bond donors (Lipinski definition) is 1. The van der Waals surface area contributed by atoms with E-state index < -0.39 is 17.7 Å². The van der Waals surface area contributed by atoms with Crippen LogP contribution in [0.2, 0.25) is 0 Å². The Bertz CT molecular complexity index is 667. The maximum atomic E-state index is 13.3. The van der Waals surface area contributed by atoms with Gasteiger partial charge in [-0.2, -0.15) is 0 Å². The van der Waals surface area contributed by atoms with Gasteiger partial charge < -0.3 is 9.84 Å². The Kier molecular flexibility index (Phi) is 5.74. The predicted molar refractivity (Wildman–Crippen MR) is 87.4 cm³/mol. The SMILES string of the molecule is CC(C)c1ccccc1OCCC(C(=O)O)c1cccc(F)c1. The van der Waals surface area contributed by atoms with Crippen molar-refractivity contribution in [2.75, 3.05) is 6.61 Å². The second kappa shape index (κ2) is 7.77. The summed E-state index contributed by atoms with van der Waals surface area (Å²) in [6, 6.07) is 13.4. The molecule has 0 radical (unpaired) electrons. The monoisotopic (exact) mass is 316 g/mol. The normalized spacial score (nSPS) is 12.2. The number of aliphatic carboxylic acids is 1. The Morgan fingerprint density at radius 3 is 2.57 bits per heavy atom. The van der Waals surface area contributed by atoms with Crippen LogP contribution < -0.4 is 4.74 Å². The number of rotatable bonds is 7. The van der Waals surface area contributed by atoms with Gasteiger partial charge in [0, 0.05) is 0 Å². The molecule has 2 aromatic rings. The molecule has 2 aromatic carbocycles. The van der Waals surface area contributed by atoms with Crippen LogP contribution in [0.4, 0.5) is 4.39 Å². The van der Waals surface area contributed by atoms with E-state index in [4.69, 9.17) is 4.74 Å². The second-order valence-corrected chi connectivity index (χ2v) is 5.78. The van der Waals surface area contributed by atoms with Crippen LogP contribution in [0.15, 0.2) is 48.5 Å². The molecular formula is C19H21FO3. The van der Waals surface area contributed by atoms with Gasteiger partial charge in [-0.25, -0.2) is 4.39 Å². The minimum atomic E-state index is -0.976. The molecule has 0 saturated heterocycles. The van der Waals surface area contributed by atoms with Crippen LogP contribution >= 0.6 is 0 Å². The summed E-state index contributed by atoms with van der Waals surface area (Å²) in [6.45, 7) is 4.42. The molecule has 122 valence electrons. The third kappa shape index (κ3) is 4.55. The van der Waals surface area contributed by atoms with Crippen molar-refractivity contribution in [2.45, 2.75) is 32.1 Å². The summed E-state index contributed by atoms with van der Waals surface area (Å²) >= 11 is 0. The second-order valence-electron chi connectivity index (χ2n) is 5.78. The lowest BCUT2D eigenvalue weighted by atomic mass is 9.96. The van der Waals surface area contributed by atoms with Gasteiger partial charge in [0.15, 0.2) is 0 Å². The molecule has 0 fully saturated rings. The van der Waals surface area contributed by atoms with E-state index in [-0.39, 0.29) is 13.0 Å². The third-order valence-electron chi connectivity index (χ3n) is 3.75. The van der Waals surface area contributed by atoms with Gasteiger partial charge in [0.25, 0.3) is 0 Å². The largest absolute Gasteiger partial charge is 0.493 e. The van der Waals surface area contributed by atoms with E-state index in [0.29, 0.717) is 11.5 Å². The molecule has 0 bridgehead atoms. The van der Waals surface area contributed by atoms with Crippen molar-refractivity contribution in [3.8, 4) is 5.75 Å². The van der Waals surface area contributed by atoms with E-state index >= 15 is 0 Å². The van der Waals surface area contributed by atoms with Gasteiger partial charge in [0.2, 0.25) is 0 Å². The summed E-state index contributed by atoms with van der Waals surface area (Å²) < 4.78 is 19.1. The molecule has 0 aliphatic rings. The molecule has 2 rings (SSSR count). The highest BCUT2D eigenvalue weighted by Crippen LogP contribution is 2.27. The summed E-state index contributed by atoms with van der Waals surface area (Å²) in [7, 11) is 0. The molecule has 0 aromatic heterocycles. The topological polar surface area (TPSA) is 46.5 Å². The first-order valence-electron chi connectivity index (χ1n) is 7.69. The summed E-state index contributed by atoms with van der Waals surface area (Å²) in [5, 5.41) is 9.38. The highest BCUT2D eigenvalue weighted by atomic mass is 19.1. The van der Waals surface area contributed by atoms with Crippen molar-refractivity contribution in [1.29, 1.82) is 0 Å². The molecule has 0 saturated carbocycles. The minimum absolute atomic E-state index is 0.261. The van der Waals surface area contributed by atoms with Crippen LogP contribution in [0.1, 0.15) is 43.2 Å². The van der Waals surface area contributed by atoms with Crippen molar-refractivity contribution >= 4 is 5.97 Å². The van der Waals surface area contributed by atoms with Crippen LogP contribution in [0.25, 0.3) is 0 Å². The third-order valence-corrected chi connectivity index (χ3v) is 3.75. The Morgan fingerprint density at radius 1 is 1.17 bits per heavy atom. The van der Waals surface area contributed by atoms with Crippen molar-refractivity contribution in [1.82, 2.24) is 0 Å². The van der Waals surface area contributed by atoms with Crippen LogP contribution in [0.3, 0.4) is 0 Å². The molecule has 4 heteroatoms. The zero-order valence-corrected chi connectivity index (χ0v) is 13.3. The lowest BCUT2D eigenvalue weighted by Gasteiger charge is -2.16. The van der Waals surface area contributed by atoms with Gasteiger partial charge in [-0.1, -0.05) is 44.2 Å². The fourth-order valence-corrected chi connectivity index (χ4v) is 2.53. The highest BCUT2D eigenvalue weighted by molar-refractivity contribution is 5.76. The summed E-state index contributed by atoms with van der Waals surface area (Å²) in [5.41, 5.74) is 1.54. The molecule has 1 N–H and O–H groups in total. The molecular weight excluding hydrogens is 295 g/mol. The molecule has 0 spiro atoms. The van der Waals surface area contributed by atoms with Gasteiger partial charge in [-0.15, -0.1) is 0 Å². The molecule has 0 heterocycles. The van der Waals surface area contributed by atoms with E-state index in [1.807, 2.05) is 24.3 Å². The average Bonchev–Trinajstić information content (AvgIpc) is 2.51. The van der Waals surface area contributed by atoms with Crippen molar-refractivity contribution in [3.05, 3.63) is 65.5 Å².